The molecule has 0 aliphatic rings. The molecule has 3 aromatic rings. The molecule has 0 saturated carbocycles. The minimum absolute atomic E-state index is 0.0408. The molecule has 3 rings (SSSR count). The van der Waals surface area contributed by atoms with Gasteiger partial charge in [0.25, 0.3) is 0 Å². The van der Waals surface area contributed by atoms with Crippen molar-refractivity contribution >= 4 is 28.6 Å². The van der Waals surface area contributed by atoms with E-state index in [1.807, 2.05) is 72.8 Å². The monoisotopic (exact) mass is 491 g/mol. The molecular weight excluding hydrogens is 458 g/mol. The highest BCUT2D eigenvalue weighted by molar-refractivity contribution is 5.92. The van der Waals surface area contributed by atoms with Crippen molar-refractivity contribution in [3.05, 3.63) is 83.9 Å². The molecule has 190 valence electrons. The summed E-state index contributed by atoms with van der Waals surface area (Å²) in [4.78, 5) is 37.2. The number of carbonyl (C=O) groups excluding carboxylic acids is 2. The van der Waals surface area contributed by atoms with Crippen LogP contribution in [0.2, 0.25) is 0 Å². The van der Waals surface area contributed by atoms with E-state index in [4.69, 9.17) is 4.74 Å². The maximum Gasteiger partial charge on any atom is 0.305 e. The summed E-state index contributed by atoms with van der Waals surface area (Å²) in [5.41, 5.74) is 2.12. The smallest absolute Gasteiger partial charge is 0.305 e. The van der Waals surface area contributed by atoms with Crippen LogP contribution in [-0.2, 0) is 32.1 Å². The van der Waals surface area contributed by atoms with Crippen LogP contribution in [-0.4, -0.2) is 55.2 Å². The Bertz CT molecular complexity index is 1150. The third-order valence-corrected chi connectivity index (χ3v) is 5.87. The Labute approximate surface area is 211 Å². The zero-order valence-corrected chi connectivity index (χ0v) is 20.4. The lowest BCUT2D eigenvalue weighted by Gasteiger charge is -2.22. The molecule has 0 heterocycles. The van der Waals surface area contributed by atoms with Crippen molar-refractivity contribution in [3.8, 4) is 0 Å². The van der Waals surface area contributed by atoms with Crippen LogP contribution >= 0.6 is 0 Å². The van der Waals surface area contributed by atoms with Crippen molar-refractivity contribution in [1.82, 2.24) is 16.0 Å². The first-order valence-electron chi connectivity index (χ1n) is 12.0. The van der Waals surface area contributed by atoms with Gasteiger partial charge in [0.2, 0.25) is 11.8 Å². The van der Waals surface area contributed by atoms with Crippen molar-refractivity contribution in [2.45, 2.75) is 37.9 Å². The lowest BCUT2D eigenvalue weighted by molar-refractivity contribution is -0.140. The fourth-order valence-electron chi connectivity index (χ4n) is 4.02. The fraction of sp³-hybridized carbons (Fsp3) is 0.321. The molecule has 0 bridgehead atoms. The van der Waals surface area contributed by atoms with Gasteiger partial charge in [0.05, 0.1) is 19.1 Å². The van der Waals surface area contributed by atoms with Gasteiger partial charge in [0.1, 0.15) is 6.04 Å². The summed E-state index contributed by atoms with van der Waals surface area (Å²) in [5.74, 6) is -2.06. The van der Waals surface area contributed by atoms with Crippen LogP contribution in [0.5, 0.6) is 0 Å². The van der Waals surface area contributed by atoms with Gasteiger partial charge in [0, 0.05) is 13.7 Å². The number of rotatable bonds is 14. The summed E-state index contributed by atoms with van der Waals surface area (Å²) in [6, 6.07) is 21.8. The molecule has 8 nitrogen and oxygen atoms in total. The standard InChI is InChI=1S/C28H33N3O5/c1-36-19-25(27(34)30-18-22-14-7-13-21-12-5-6-15-23(21)22)31-28(35)24(17-26(32)33)29-16-8-11-20-9-3-2-4-10-20/h2-7,9-10,12-15,24-25,29H,8,11,16-19H2,1H3,(H,30,34)(H,31,35)(H,32,33)/t24-,25-/m0/s1. The van der Waals surface area contributed by atoms with Gasteiger partial charge in [-0.3, -0.25) is 14.4 Å². The Morgan fingerprint density at radius 1 is 0.889 bits per heavy atom. The van der Waals surface area contributed by atoms with E-state index in [1.54, 1.807) is 0 Å². The SMILES string of the molecule is COC[C@H](NC(=O)[C@H](CC(=O)O)NCCCc1ccccc1)C(=O)NCc1cccc2ccccc12. The van der Waals surface area contributed by atoms with Gasteiger partial charge in [-0.1, -0.05) is 72.8 Å². The van der Waals surface area contributed by atoms with E-state index in [1.165, 1.54) is 12.7 Å². The zero-order chi connectivity index (χ0) is 25.8. The number of amides is 2. The summed E-state index contributed by atoms with van der Waals surface area (Å²) in [7, 11) is 1.44. The van der Waals surface area contributed by atoms with Gasteiger partial charge < -0.3 is 25.8 Å². The van der Waals surface area contributed by atoms with Crippen LogP contribution in [0.25, 0.3) is 10.8 Å². The number of aryl methyl sites for hydroxylation is 1. The van der Waals surface area contributed by atoms with E-state index in [2.05, 4.69) is 16.0 Å². The van der Waals surface area contributed by atoms with E-state index in [9.17, 15) is 19.5 Å². The van der Waals surface area contributed by atoms with E-state index >= 15 is 0 Å². The predicted octanol–water partition coefficient (Wildman–Crippen LogP) is 2.65. The number of methoxy groups -OCH3 is 1. The van der Waals surface area contributed by atoms with Gasteiger partial charge in [-0.05, 0) is 41.3 Å². The van der Waals surface area contributed by atoms with Crippen LogP contribution in [0, 0.1) is 0 Å². The molecule has 8 heteroatoms. The Balaban J connectivity index is 1.57. The number of carboxylic acid groups (broad SMARTS) is 1. The normalized spacial score (nSPS) is 12.6. The minimum Gasteiger partial charge on any atom is -0.481 e. The van der Waals surface area contributed by atoms with Crippen LogP contribution < -0.4 is 16.0 Å². The minimum atomic E-state index is -1.10. The first-order valence-corrected chi connectivity index (χ1v) is 12.0. The van der Waals surface area contributed by atoms with Crippen LogP contribution in [0.3, 0.4) is 0 Å². The number of hydrogen-bond donors (Lipinski definition) is 4. The number of nitrogens with one attached hydrogen (secondary N) is 3. The molecule has 2 atom stereocenters. The number of ether oxygens (including phenoxy) is 1. The highest BCUT2D eigenvalue weighted by Crippen LogP contribution is 2.18. The van der Waals surface area contributed by atoms with Crippen LogP contribution in [0.15, 0.2) is 72.8 Å². The summed E-state index contributed by atoms with van der Waals surface area (Å²) in [5, 5.41) is 19.9. The van der Waals surface area contributed by atoms with Gasteiger partial charge in [-0.25, -0.2) is 0 Å². The van der Waals surface area contributed by atoms with Crippen molar-refractivity contribution in [3.63, 3.8) is 0 Å². The molecule has 0 radical (unpaired) electrons. The molecule has 0 fully saturated rings. The molecule has 0 spiro atoms. The summed E-state index contributed by atoms with van der Waals surface area (Å²) >= 11 is 0. The van der Waals surface area contributed by atoms with Gasteiger partial charge in [-0.2, -0.15) is 0 Å². The van der Waals surface area contributed by atoms with Crippen molar-refractivity contribution in [2.75, 3.05) is 20.3 Å². The average molecular weight is 492 g/mol. The van der Waals surface area contributed by atoms with E-state index < -0.39 is 36.3 Å². The number of carboxylic acids is 1. The molecular formula is C28H33N3O5. The number of aliphatic carboxylic acids is 1. The summed E-state index contributed by atoms with van der Waals surface area (Å²) in [6.07, 6.45) is 1.15. The molecule has 0 saturated heterocycles. The third-order valence-electron chi connectivity index (χ3n) is 5.87. The van der Waals surface area contributed by atoms with Crippen LogP contribution in [0.4, 0.5) is 0 Å². The van der Waals surface area contributed by atoms with E-state index in [0.717, 1.165) is 29.2 Å². The second-order valence-corrected chi connectivity index (χ2v) is 8.57. The quantitative estimate of drug-likeness (QED) is 0.258. The second kappa shape index (κ2) is 14.0. The molecule has 0 unspecified atom stereocenters. The summed E-state index contributed by atoms with van der Waals surface area (Å²) < 4.78 is 5.14. The molecule has 0 aliphatic heterocycles. The van der Waals surface area contributed by atoms with Crippen molar-refractivity contribution in [1.29, 1.82) is 0 Å². The fourth-order valence-corrected chi connectivity index (χ4v) is 4.02. The maximum atomic E-state index is 12.9. The number of hydrogen-bond acceptors (Lipinski definition) is 5. The lowest BCUT2D eigenvalue weighted by Crippen LogP contribution is -2.54. The first kappa shape index (κ1) is 26.8. The Kier molecular flexibility index (Phi) is 10.4. The van der Waals surface area contributed by atoms with Crippen molar-refractivity contribution < 1.29 is 24.2 Å². The maximum absolute atomic E-state index is 12.9. The van der Waals surface area contributed by atoms with Crippen LogP contribution in [0.1, 0.15) is 24.0 Å². The van der Waals surface area contributed by atoms with E-state index in [-0.39, 0.29) is 13.2 Å². The Morgan fingerprint density at radius 3 is 2.36 bits per heavy atom. The van der Waals surface area contributed by atoms with Crippen molar-refractivity contribution in [2.24, 2.45) is 0 Å². The number of benzene rings is 3. The molecule has 0 aliphatic carbocycles. The third kappa shape index (κ3) is 8.18. The van der Waals surface area contributed by atoms with Gasteiger partial charge in [0.15, 0.2) is 0 Å². The number of carbonyl (C=O) groups is 3. The average Bonchev–Trinajstić information content (AvgIpc) is 2.89. The molecule has 4 N–H and O–H groups in total. The Hall–Kier alpha value is -3.75. The Morgan fingerprint density at radius 2 is 1.61 bits per heavy atom. The van der Waals surface area contributed by atoms with E-state index in [0.29, 0.717) is 6.54 Å². The topological polar surface area (TPSA) is 117 Å². The molecule has 0 aromatic heterocycles. The first-order chi connectivity index (χ1) is 17.5. The molecule has 36 heavy (non-hydrogen) atoms. The molecule has 2 amide bonds. The summed E-state index contributed by atoms with van der Waals surface area (Å²) in [6.45, 7) is 0.704. The highest BCUT2D eigenvalue weighted by atomic mass is 16.5. The largest absolute Gasteiger partial charge is 0.481 e. The highest BCUT2D eigenvalue weighted by Gasteiger charge is 2.27. The lowest BCUT2D eigenvalue weighted by atomic mass is 10.0. The van der Waals surface area contributed by atoms with Gasteiger partial charge >= 0.3 is 5.97 Å². The molecule has 3 aromatic carbocycles. The predicted molar refractivity (Wildman–Crippen MR) is 138 cm³/mol. The number of fused-ring (bicyclic) bond motifs is 1. The van der Waals surface area contributed by atoms with Gasteiger partial charge in [-0.15, -0.1) is 0 Å². The zero-order valence-electron chi connectivity index (χ0n) is 20.4. The second-order valence-electron chi connectivity index (χ2n) is 8.57.